The number of benzene rings is 3. The van der Waals surface area contributed by atoms with Crippen molar-refractivity contribution in [2.75, 3.05) is 24.8 Å². The van der Waals surface area contributed by atoms with Crippen molar-refractivity contribution in [2.24, 2.45) is 0 Å². The van der Waals surface area contributed by atoms with Crippen molar-refractivity contribution in [1.29, 1.82) is 0 Å². The molecule has 13 heteroatoms. The molecule has 1 aliphatic carbocycles. The van der Waals surface area contributed by atoms with E-state index in [-0.39, 0.29) is 38.0 Å². The molecular weight excluding hydrogens is 610 g/mol. The first-order chi connectivity index (χ1) is 22.4. The zero-order chi connectivity index (χ0) is 32.5. The van der Waals surface area contributed by atoms with E-state index in [1.165, 1.54) is 16.7 Å². The van der Waals surface area contributed by atoms with Crippen LogP contribution < -0.4 is 15.7 Å². The first-order valence-electron chi connectivity index (χ1n) is 15.0. The number of carbonyl (C=O) groups is 4. The molecule has 1 saturated heterocycles. The number of hydrogen-bond donors (Lipinski definition) is 4. The zero-order valence-corrected chi connectivity index (χ0v) is 25.8. The maximum absolute atomic E-state index is 12.8. The molecular formula is C33H35N5O7S. The van der Waals surface area contributed by atoms with Gasteiger partial charge in [0, 0.05) is 30.3 Å². The third-order valence-corrected chi connectivity index (χ3v) is 9.03. The summed E-state index contributed by atoms with van der Waals surface area (Å²) in [5.74, 6) is -0.860. The molecule has 0 unspecified atom stereocenters. The largest absolute Gasteiger partial charge is 0.502 e. The Hall–Kier alpha value is -4.91. The Morgan fingerprint density at radius 2 is 1.63 bits per heavy atom. The van der Waals surface area contributed by atoms with Gasteiger partial charge in [-0.05, 0) is 59.2 Å². The van der Waals surface area contributed by atoms with Crippen LogP contribution in [0, 0.1) is 0 Å². The lowest BCUT2D eigenvalue weighted by atomic mass is 9.98. The molecule has 0 spiro atoms. The second kappa shape index (κ2) is 15.4. The summed E-state index contributed by atoms with van der Waals surface area (Å²) in [4.78, 5) is 51.3. The molecule has 0 saturated carbocycles. The van der Waals surface area contributed by atoms with Crippen LogP contribution in [0.15, 0.2) is 72.8 Å². The summed E-state index contributed by atoms with van der Waals surface area (Å²) in [5, 5.41) is 17.0. The Morgan fingerprint density at radius 1 is 0.957 bits per heavy atom. The third-order valence-electron chi connectivity index (χ3n) is 8.02. The van der Waals surface area contributed by atoms with Gasteiger partial charge in [0.1, 0.15) is 25.3 Å². The van der Waals surface area contributed by atoms with Crippen LogP contribution in [-0.2, 0) is 25.7 Å². The molecule has 1 fully saturated rings. The maximum atomic E-state index is 12.8. The normalized spacial score (nSPS) is 15.7. The van der Waals surface area contributed by atoms with E-state index in [1.54, 1.807) is 24.3 Å². The highest BCUT2D eigenvalue weighted by atomic mass is 32.2. The van der Waals surface area contributed by atoms with Crippen LogP contribution in [0.4, 0.5) is 15.3 Å². The minimum absolute atomic E-state index is 0.0227. The van der Waals surface area contributed by atoms with Crippen molar-refractivity contribution in [3.63, 3.8) is 0 Å². The number of rotatable bonds is 13. The van der Waals surface area contributed by atoms with Gasteiger partial charge in [0.2, 0.25) is 5.91 Å². The van der Waals surface area contributed by atoms with Gasteiger partial charge < -0.3 is 30.7 Å². The second-order valence-electron chi connectivity index (χ2n) is 11.0. The van der Waals surface area contributed by atoms with E-state index >= 15 is 0 Å². The number of nitrogens with one attached hydrogen (secondary N) is 3. The third kappa shape index (κ3) is 7.83. The Kier molecular flexibility index (Phi) is 10.9. The van der Waals surface area contributed by atoms with Gasteiger partial charge in [-0.25, -0.2) is 14.4 Å². The molecule has 5 rings (SSSR count). The molecule has 240 valence electrons. The maximum Gasteiger partial charge on any atom is 0.411 e. The number of hydrogen-bond acceptors (Lipinski definition) is 7. The van der Waals surface area contributed by atoms with Crippen LogP contribution in [0.5, 0.6) is 0 Å². The SMILES string of the molecule is [N-]=[NH+]c1ccc(COC(=O)N2CSC[C@H]2C(=O)NCCCC[C@H](NC(=O)OCC2c3ccccc3-c3ccccc32)C(=O)O)cc1. The number of alkyl carbamates (subject to hydrolysis) is 1. The van der Waals surface area contributed by atoms with Crippen molar-refractivity contribution in [1.82, 2.24) is 15.5 Å². The molecule has 0 aromatic heterocycles. The van der Waals surface area contributed by atoms with E-state index in [2.05, 4.69) is 10.6 Å². The van der Waals surface area contributed by atoms with Gasteiger partial charge in [0.15, 0.2) is 5.69 Å². The summed E-state index contributed by atoms with van der Waals surface area (Å²) in [6, 6.07) is 20.8. The molecule has 0 bridgehead atoms. The summed E-state index contributed by atoms with van der Waals surface area (Å²) in [6.45, 7) is 0.387. The minimum atomic E-state index is -1.17. The fourth-order valence-electron chi connectivity index (χ4n) is 5.59. The average Bonchev–Trinajstić information content (AvgIpc) is 3.69. The highest BCUT2D eigenvalue weighted by Gasteiger charge is 2.35. The van der Waals surface area contributed by atoms with E-state index in [0.29, 0.717) is 30.2 Å². The van der Waals surface area contributed by atoms with Crippen LogP contribution in [-0.4, -0.2) is 70.9 Å². The summed E-state index contributed by atoms with van der Waals surface area (Å²) in [5.41, 5.74) is 14.5. The van der Waals surface area contributed by atoms with Crippen LogP contribution in [0.1, 0.15) is 41.9 Å². The molecule has 4 N–H and O–H groups in total. The first-order valence-corrected chi connectivity index (χ1v) is 16.1. The molecule has 12 nitrogen and oxygen atoms in total. The van der Waals surface area contributed by atoms with Crippen LogP contribution in [0.2, 0.25) is 0 Å². The number of carbonyl (C=O) groups excluding carboxylic acids is 3. The molecule has 1 heterocycles. The predicted molar refractivity (Wildman–Crippen MR) is 170 cm³/mol. The second-order valence-corrected chi connectivity index (χ2v) is 12.0. The fourth-order valence-corrected chi connectivity index (χ4v) is 6.73. The summed E-state index contributed by atoms with van der Waals surface area (Å²) in [7, 11) is 0. The number of amides is 3. The molecule has 3 amide bonds. The molecule has 1 aliphatic heterocycles. The molecule has 0 radical (unpaired) electrons. The van der Waals surface area contributed by atoms with E-state index < -0.39 is 30.2 Å². The average molecular weight is 646 g/mol. The number of nitrogens with zero attached hydrogens (tertiary/aromatic N) is 2. The lowest BCUT2D eigenvalue weighted by Gasteiger charge is -2.22. The zero-order valence-electron chi connectivity index (χ0n) is 25.0. The van der Waals surface area contributed by atoms with E-state index in [4.69, 9.17) is 15.0 Å². The monoisotopic (exact) mass is 645 g/mol. The highest BCUT2D eigenvalue weighted by Crippen LogP contribution is 2.44. The van der Waals surface area contributed by atoms with E-state index in [1.807, 2.05) is 53.6 Å². The van der Waals surface area contributed by atoms with Gasteiger partial charge in [-0.15, -0.1) is 11.8 Å². The van der Waals surface area contributed by atoms with Gasteiger partial charge >= 0.3 is 18.2 Å². The Bertz CT molecular complexity index is 1540. The van der Waals surface area contributed by atoms with Gasteiger partial charge in [0.25, 0.3) is 0 Å². The van der Waals surface area contributed by atoms with Crippen molar-refractivity contribution in [2.45, 2.75) is 43.9 Å². The van der Waals surface area contributed by atoms with E-state index in [0.717, 1.165) is 27.8 Å². The summed E-state index contributed by atoms with van der Waals surface area (Å²) in [6.07, 6.45) is -0.338. The summed E-state index contributed by atoms with van der Waals surface area (Å²) >= 11 is 1.45. The van der Waals surface area contributed by atoms with Crippen molar-refractivity contribution in [3.8, 4) is 11.1 Å². The van der Waals surface area contributed by atoms with Gasteiger partial charge in [-0.2, -0.15) is 0 Å². The van der Waals surface area contributed by atoms with E-state index in [9.17, 15) is 24.3 Å². The van der Waals surface area contributed by atoms with Gasteiger partial charge in [0.05, 0.1) is 5.88 Å². The van der Waals surface area contributed by atoms with Gasteiger partial charge in [-0.3, -0.25) is 14.8 Å². The Morgan fingerprint density at radius 3 is 2.28 bits per heavy atom. The Balaban J connectivity index is 1.02. The summed E-state index contributed by atoms with van der Waals surface area (Å²) < 4.78 is 10.9. The smallest absolute Gasteiger partial charge is 0.411 e. The molecule has 2 aliphatic rings. The van der Waals surface area contributed by atoms with Crippen LogP contribution >= 0.6 is 11.8 Å². The number of carboxylic acid groups (broad SMARTS) is 1. The molecule has 2 atom stereocenters. The number of carboxylic acids is 1. The first kappa shape index (κ1) is 32.5. The number of unbranched alkanes of at least 4 members (excludes halogenated alkanes) is 1. The molecule has 3 aromatic rings. The molecule has 46 heavy (non-hydrogen) atoms. The number of ether oxygens (including phenoxy) is 2. The quantitative estimate of drug-likeness (QED) is 0.161. The van der Waals surface area contributed by atoms with Crippen LogP contribution in [0.25, 0.3) is 16.7 Å². The number of thioether (sulfide) groups is 1. The fraction of sp³-hybridized carbons (Fsp3) is 0.333. The number of fused-ring (bicyclic) bond motifs is 3. The van der Waals surface area contributed by atoms with Crippen molar-refractivity contribution in [3.05, 3.63) is 95.0 Å². The lowest BCUT2D eigenvalue weighted by molar-refractivity contribution is -0.379. The van der Waals surface area contributed by atoms with Crippen molar-refractivity contribution >= 4 is 41.5 Å². The highest BCUT2D eigenvalue weighted by molar-refractivity contribution is 7.99. The van der Waals surface area contributed by atoms with Crippen molar-refractivity contribution < 1.29 is 38.9 Å². The Labute approximate surface area is 270 Å². The van der Waals surface area contributed by atoms with Crippen LogP contribution in [0.3, 0.4) is 0 Å². The van der Waals surface area contributed by atoms with Gasteiger partial charge in [-0.1, -0.05) is 48.5 Å². The predicted octanol–water partition coefficient (Wildman–Crippen LogP) is 3.71. The number of aliphatic carboxylic acids is 1. The topological polar surface area (TPSA) is 171 Å². The minimum Gasteiger partial charge on any atom is -0.502 e. The molecule has 3 aromatic carbocycles. The standard InChI is InChI=1S/C33H35N5O7S/c34-37-22-14-12-21(13-15-22)17-45-33(43)38-20-46-19-29(38)30(39)35-16-6-5-11-28(31(40)41)36-32(42)44-18-27-25-9-3-1-7-23(25)24-8-2-4-10-26(24)27/h1-4,7-10,12-15,27-29,37H,5-6,11,16-20H2,(H,35,39)(H,36,42)(H,40,41)/t28-,29-/m0/s1. The lowest BCUT2D eigenvalue weighted by Crippen LogP contribution is -2.54.